The Bertz CT molecular complexity index is 557. The van der Waals surface area contributed by atoms with E-state index in [1.807, 2.05) is 36.4 Å². The van der Waals surface area contributed by atoms with Crippen LogP contribution in [0.3, 0.4) is 0 Å². The molecule has 0 heterocycles. The fourth-order valence-electron chi connectivity index (χ4n) is 1.40. The van der Waals surface area contributed by atoms with Gasteiger partial charge in [-0.2, -0.15) is 0 Å². The van der Waals surface area contributed by atoms with Crippen LogP contribution in [0.4, 0.5) is 5.69 Å². The van der Waals surface area contributed by atoms with Gasteiger partial charge in [-0.15, -0.1) is 12.6 Å². The van der Waals surface area contributed by atoms with E-state index in [-0.39, 0.29) is 5.91 Å². The number of hydrogen-bond donors (Lipinski definition) is 2. The van der Waals surface area contributed by atoms with Gasteiger partial charge in [-0.3, -0.25) is 4.79 Å². The molecule has 0 aliphatic heterocycles. The predicted molar refractivity (Wildman–Crippen MR) is 75.8 cm³/mol. The number of carbonyl (C=O) groups excluding carboxylic acids is 1. The van der Waals surface area contributed by atoms with Crippen LogP contribution in [-0.2, 0) is 0 Å². The number of halogens is 1. The first-order valence-electron chi connectivity index (χ1n) is 5.02. The molecule has 0 aromatic heterocycles. The number of carbonyl (C=O) groups is 1. The zero-order valence-electron chi connectivity index (χ0n) is 8.85. The van der Waals surface area contributed by atoms with Gasteiger partial charge in [0, 0.05) is 14.9 Å². The minimum Gasteiger partial charge on any atom is -0.321 e. The van der Waals surface area contributed by atoms with Gasteiger partial charge < -0.3 is 5.32 Å². The summed E-state index contributed by atoms with van der Waals surface area (Å²) in [6.07, 6.45) is 0. The number of benzene rings is 2. The molecule has 2 aromatic rings. The first-order chi connectivity index (χ1) is 8.16. The molecule has 0 unspecified atom stereocenters. The van der Waals surface area contributed by atoms with E-state index in [0.717, 1.165) is 9.37 Å². The molecule has 2 aromatic carbocycles. The summed E-state index contributed by atoms with van der Waals surface area (Å²) in [5.41, 5.74) is 1.32. The second kappa shape index (κ2) is 5.38. The fraction of sp³-hybridized carbons (Fsp3) is 0. The van der Waals surface area contributed by atoms with Crippen LogP contribution in [0, 0.1) is 0 Å². The van der Waals surface area contributed by atoms with Crippen LogP contribution < -0.4 is 5.32 Å². The highest BCUT2D eigenvalue weighted by atomic mass is 79.9. The standard InChI is InChI=1S/C13H10BrNOS/c14-10-5-3-4-9(8-10)13(16)15-11-6-1-2-7-12(11)17/h1-8,17H,(H,15,16). The van der Waals surface area contributed by atoms with Crippen LogP contribution in [0.25, 0.3) is 0 Å². The van der Waals surface area contributed by atoms with E-state index in [0.29, 0.717) is 11.3 Å². The maximum Gasteiger partial charge on any atom is 0.255 e. The summed E-state index contributed by atoms with van der Waals surface area (Å²) >= 11 is 7.62. The van der Waals surface area contributed by atoms with Crippen molar-refractivity contribution in [1.82, 2.24) is 0 Å². The molecule has 1 amide bonds. The minimum absolute atomic E-state index is 0.146. The Balaban J connectivity index is 2.20. The van der Waals surface area contributed by atoms with Gasteiger partial charge in [0.15, 0.2) is 0 Å². The molecule has 0 saturated carbocycles. The van der Waals surface area contributed by atoms with Gasteiger partial charge in [-0.1, -0.05) is 34.1 Å². The third-order valence-corrected chi connectivity index (χ3v) is 3.12. The summed E-state index contributed by atoms with van der Waals surface area (Å²) in [6.45, 7) is 0. The molecule has 0 atom stereocenters. The van der Waals surface area contributed by atoms with E-state index in [1.54, 1.807) is 12.1 Å². The van der Waals surface area contributed by atoms with Crippen LogP contribution in [0.15, 0.2) is 57.9 Å². The molecule has 86 valence electrons. The van der Waals surface area contributed by atoms with Gasteiger partial charge in [0.1, 0.15) is 0 Å². The van der Waals surface area contributed by atoms with Crippen molar-refractivity contribution in [2.24, 2.45) is 0 Å². The predicted octanol–water partition coefficient (Wildman–Crippen LogP) is 3.99. The highest BCUT2D eigenvalue weighted by Gasteiger charge is 2.07. The average Bonchev–Trinajstić information content (AvgIpc) is 2.32. The number of para-hydroxylation sites is 1. The Kier molecular flexibility index (Phi) is 3.86. The zero-order valence-corrected chi connectivity index (χ0v) is 11.3. The van der Waals surface area contributed by atoms with Crippen molar-refractivity contribution in [2.45, 2.75) is 4.90 Å². The van der Waals surface area contributed by atoms with Crippen molar-refractivity contribution in [3.8, 4) is 0 Å². The van der Waals surface area contributed by atoms with Gasteiger partial charge in [0.2, 0.25) is 0 Å². The lowest BCUT2D eigenvalue weighted by Crippen LogP contribution is -2.12. The molecule has 2 nitrogen and oxygen atoms in total. The summed E-state index contributed by atoms with van der Waals surface area (Å²) in [4.78, 5) is 12.7. The van der Waals surface area contributed by atoms with Crippen molar-refractivity contribution in [2.75, 3.05) is 5.32 Å². The first-order valence-corrected chi connectivity index (χ1v) is 6.26. The van der Waals surface area contributed by atoms with Gasteiger partial charge >= 0.3 is 0 Å². The number of rotatable bonds is 2. The number of anilines is 1. The molecule has 0 bridgehead atoms. The Morgan fingerprint density at radius 3 is 2.59 bits per heavy atom. The summed E-state index contributed by atoms with van der Waals surface area (Å²) < 4.78 is 0.879. The maximum atomic E-state index is 12.0. The molecule has 0 spiro atoms. The molecule has 2 rings (SSSR count). The second-order valence-corrected chi connectivity index (χ2v) is 4.88. The van der Waals surface area contributed by atoms with Crippen molar-refractivity contribution < 1.29 is 4.79 Å². The van der Waals surface area contributed by atoms with Crippen molar-refractivity contribution >= 4 is 40.2 Å². The molecule has 0 radical (unpaired) electrons. The van der Waals surface area contributed by atoms with Crippen molar-refractivity contribution in [3.63, 3.8) is 0 Å². The van der Waals surface area contributed by atoms with Crippen LogP contribution in [0.1, 0.15) is 10.4 Å². The van der Waals surface area contributed by atoms with E-state index in [4.69, 9.17) is 0 Å². The SMILES string of the molecule is O=C(Nc1ccccc1S)c1cccc(Br)c1. The first kappa shape index (κ1) is 12.2. The number of thiol groups is 1. The van der Waals surface area contributed by atoms with Gasteiger partial charge in [-0.05, 0) is 30.3 Å². The molecule has 0 fully saturated rings. The van der Waals surface area contributed by atoms with Gasteiger partial charge in [0.05, 0.1) is 5.69 Å². The molecule has 4 heteroatoms. The lowest BCUT2D eigenvalue weighted by atomic mass is 10.2. The topological polar surface area (TPSA) is 29.1 Å². The van der Waals surface area contributed by atoms with Crippen molar-refractivity contribution in [1.29, 1.82) is 0 Å². The third-order valence-electron chi connectivity index (χ3n) is 2.24. The molecule has 17 heavy (non-hydrogen) atoms. The van der Waals surface area contributed by atoms with E-state index >= 15 is 0 Å². The maximum absolute atomic E-state index is 12.0. The quantitative estimate of drug-likeness (QED) is 0.807. The summed E-state index contributed by atoms with van der Waals surface area (Å²) in [6, 6.07) is 14.6. The Labute approximate surface area is 114 Å². The number of amides is 1. The second-order valence-electron chi connectivity index (χ2n) is 3.48. The van der Waals surface area contributed by atoms with E-state index < -0.39 is 0 Å². The van der Waals surface area contributed by atoms with Crippen LogP contribution in [0.5, 0.6) is 0 Å². The van der Waals surface area contributed by atoms with E-state index in [9.17, 15) is 4.79 Å². The fourth-order valence-corrected chi connectivity index (χ4v) is 2.02. The molecule has 0 saturated heterocycles. The zero-order chi connectivity index (χ0) is 12.3. The summed E-state index contributed by atoms with van der Waals surface area (Å²) in [5.74, 6) is -0.146. The molecular formula is C13H10BrNOS. The van der Waals surface area contributed by atoms with E-state index in [1.165, 1.54) is 0 Å². The van der Waals surface area contributed by atoms with Crippen molar-refractivity contribution in [3.05, 3.63) is 58.6 Å². The normalized spacial score (nSPS) is 10.0. The highest BCUT2D eigenvalue weighted by Crippen LogP contribution is 2.20. The molecule has 0 aliphatic rings. The average molecular weight is 308 g/mol. The molecule has 0 aliphatic carbocycles. The summed E-state index contributed by atoms with van der Waals surface area (Å²) in [5, 5.41) is 2.82. The van der Waals surface area contributed by atoms with Gasteiger partial charge in [0.25, 0.3) is 5.91 Å². The monoisotopic (exact) mass is 307 g/mol. The van der Waals surface area contributed by atoms with Crippen LogP contribution in [0.2, 0.25) is 0 Å². The van der Waals surface area contributed by atoms with Crippen LogP contribution in [-0.4, -0.2) is 5.91 Å². The minimum atomic E-state index is -0.146. The third kappa shape index (κ3) is 3.11. The largest absolute Gasteiger partial charge is 0.321 e. The molecule has 1 N–H and O–H groups in total. The Morgan fingerprint density at radius 2 is 1.88 bits per heavy atom. The Morgan fingerprint density at radius 1 is 1.12 bits per heavy atom. The Hall–Kier alpha value is -1.26. The lowest BCUT2D eigenvalue weighted by Gasteiger charge is -2.07. The number of nitrogens with one attached hydrogen (secondary N) is 1. The van der Waals surface area contributed by atoms with Gasteiger partial charge in [-0.25, -0.2) is 0 Å². The lowest BCUT2D eigenvalue weighted by molar-refractivity contribution is 0.102. The van der Waals surface area contributed by atoms with E-state index in [2.05, 4.69) is 33.9 Å². The summed E-state index contributed by atoms with van der Waals surface area (Å²) in [7, 11) is 0. The molecular weight excluding hydrogens is 298 g/mol. The van der Waals surface area contributed by atoms with Crippen LogP contribution >= 0.6 is 28.6 Å². The smallest absolute Gasteiger partial charge is 0.255 e. The number of hydrogen-bond acceptors (Lipinski definition) is 2. The highest BCUT2D eigenvalue weighted by molar-refractivity contribution is 9.10.